The average molecular weight is 357 g/mol. The van der Waals surface area contributed by atoms with Crippen molar-refractivity contribution in [2.24, 2.45) is 0 Å². The molecular formula is C19H17ClN2O3. The van der Waals surface area contributed by atoms with Crippen molar-refractivity contribution in [1.29, 1.82) is 0 Å². The van der Waals surface area contributed by atoms with Gasteiger partial charge < -0.3 is 15.0 Å². The minimum Gasteiger partial charge on any atom is -0.491 e. The van der Waals surface area contributed by atoms with E-state index in [0.717, 1.165) is 5.56 Å². The fourth-order valence-electron chi connectivity index (χ4n) is 2.46. The van der Waals surface area contributed by atoms with E-state index in [1.165, 1.54) is 6.08 Å². The van der Waals surface area contributed by atoms with Crippen LogP contribution in [0.4, 0.5) is 5.69 Å². The van der Waals surface area contributed by atoms with Crippen LogP contribution in [0.1, 0.15) is 15.9 Å². The maximum Gasteiger partial charge on any atom is 0.257 e. The van der Waals surface area contributed by atoms with E-state index < -0.39 is 0 Å². The Labute approximate surface area is 150 Å². The molecule has 2 aromatic carbocycles. The Balaban J connectivity index is 1.75. The van der Waals surface area contributed by atoms with Crippen molar-refractivity contribution >= 4 is 35.2 Å². The average Bonchev–Trinajstić information content (AvgIpc) is 2.74. The van der Waals surface area contributed by atoms with Gasteiger partial charge in [-0.3, -0.25) is 9.59 Å². The molecule has 0 saturated heterocycles. The summed E-state index contributed by atoms with van der Waals surface area (Å²) in [7, 11) is 1.72. The summed E-state index contributed by atoms with van der Waals surface area (Å²) in [5, 5.41) is 3.31. The molecular weight excluding hydrogens is 340 g/mol. The molecule has 0 aliphatic carbocycles. The van der Waals surface area contributed by atoms with Crippen LogP contribution in [0.3, 0.4) is 0 Å². The van der Waals surface area contributed by atoms with E-state index in [-0.39, 0.29) is 11.8 Å². The van der Waals surface area contributed by atoms with Crippen LogP contribution in [-0.4, -0.2) is 36.9 Å². The van der Waals surface area contributed by atoms with Crippen molar-refractivity contribution in [3.05, 3.63) is 64.7 Å². The number of amides is 2. The third-order valence-electron chi connectivity index (χ3n) is 3.83. The SMILES string of the molecule is CN1CCOc2ccc(NC(=O)/C=C/c3ccccc3Cl)cc2C1=O. The lowest BCUT2D eigenvalue weighted by Gasteiger charge is -2.13. The Morgan fingerprint density at radius 1 is 1.28 bits per heavy atom. The van der Waals surface area contributed by atoms with E-state index >= 15 is 0 Å². The molecule has 0 saturated carbocycles. The predicted molar refractivity (Wildman–Crippen MR) is 98.0 cm³/mol. The Bertz CT molecular complexity index is 848. The van der Waals surface area contributed by atoms with Gasteiger partial charge in [0.25, 0.3) is 5.91 Å². The van der Waals surface area contributed by atoms with Crippen molar-refractivity contribution in [3.8, 4) is 5.75 Å². The molecule has 0 fully saturated rings. The van der Waals surface area contributed by atoms with Crippen LogP contribution in [0.2, 0.25) is 5.02 Å². The molecule has 1 aliphatic heterocycles. The van der Waals surface area contributed by atoms with Crippen LogP contribution in [0.5, 0.6) is 5.75 Å². The predicted octanol–water partition coefficient (Wildman–Crippen LogP) is 3.46. The quantitative estimate of drug-likeness (QED) is 0.857. The molecule has 5 nitrogen and oxygen atoms in total. The molecule has 0 spiro atoms. The van der Waals surface area contributed by atoms with Gasteiger partial charge in [0.2, 0.25) is 5.91 Å². The number of carbonyl (C=O) groups excluding carboxylic acids is 2. The third kappa shape index (κ3) is 4.00. The van der Waals surface area contributed by atoms with Gasteiger partial charge in [0, 0.05) is 23.8 Å². The second-order valence-electron chi connectivity index (χ2n) is 5.63. The number of nitrogens with zero attached hydrogens (tertiary/aromatic N) is 1. The first-order valence-electron chi connectivity index (χ1n) is 7.80. The molecule has 2 aromatic rings. The van der Waals surface area contributed by atoms with Crippen molar-refractivity contribution in [2.75, 3.05) is 25.5 Å². The highest BCUT2D eigenvalue weighted by Gasteiger charge is 2.21. The van der Waals surface area contributed by atoms with Crippen LogP contribution in [0.25, 0.3) is 6.08 Å². The molecule has 0 atom stereocenters. The summed E-state index contributed by atoms with van der Waals surface area (Å²) in [6.07, 6.45) is 3.04. The molecule has 3 rings (SSSR count). The van der Waals surface area contributed by atoms with Crippen LogP contribution in [0, 0.1) is 0 Å². The van der Waals surface area contributed by atoms with Crippen molar-refractivity contribution in [3.63, 3.8) is 0 Å². The van der Waals surface area contributed by atoms with Gasteiger partial charge >= 0.3 is 0 Å². The Kier molecular flexibility index (Phi) is 5.05. The summed E-state index contributed by atoms with van der Waals surface area (Å²) in [5.74, 6) is 0.0874. The number of likely N-dealkylation sites (N-methyl/N-ethyl adjacent to an activating group) is 1. The van der Waals surface area contributed by atoms with E-state index in [9.17, 15) is 9.59 Å². The lowest BCUT2D eigenvalue weighted by Crippen LogP contribution is -2.27. The number of carbonyl (C=O) groups is 2. The zero-order chi connectivity index (χ0) is 17.8. The van der Waals surface area contributed by atoms with E-state index in [2.05, 4.69) is 5.32 Å². The topological polar surface area (TPSA) is 58.6 Å². The second-order valence-corrected chi connectivity index (χ2v) is 6.04. The van der Waals surface area contributed by atoms with Gasteiger partial charge in [0.15, 0.2) is 0 Å². The third-order valence-corrected chi connectivity index (χ3v) is 4.17. The Morgan fingerprint density at radius 2 is 2.08 bits per heavy atom. The Hall–Kier alpha value is -2.79. The number of rotatable bonds is 3. The summed E-state index contributed by atoms with van der Waals surface area (Å²) in [6.45, 7) is 0.970. The van der Waals surface area contributed by atoms with Gasteiger partial charge in [0.1, 0.15) is 12.4 Å². The molecule has 25 heavy (non-hydrogen) atoms. The number of benzene rings is 2. The number of hydrogen-bond donors (Lipinski definition) is 1. The summed E-state index contributed by atoms with van der Waals surface area (Å²) >= 11 is 6.05. The molecule has 1 heterocycles. The van der Waals surface area contributed by atoms with Crippen LogP contribution < -0.4 is 10.1 Å². The highest BCUT2D eigenvalue weighted by molar-refractivity contribution is 6.32. The van der Waals surface area contributed by atoms with Gasteiger partial charge in [-0.05, 0) is 35.9 Å². The van der Waals surface area contributed by atoms with E-state index in [1.54, 1.807) is 42.3 Å². The normalized spacial score (nSPS) is 14.0. The summed E-state index contributed by atoms with van der Waals surface area (Å²) < 4.78 is 5.56. The first-order chi connectivity index (χ1) is 12.0. The smallest absolute Gasteiger partial charge is 0.257 e. The van der Waals surface area contributed by atoms with Crippen molar-refractivity contribution in [1.82, 2.24) is 4.90 Å². The zero-order valence-corrected chi connectivity index (χ0v) is 14.4. The first-order valence-corrected chi connectivity index (χ1v) is 8.18. The fraction of sp³-hybridized carbons (Fsp3) is 0.158. The van der Waals surface area contributed by atoms with Gasteiger partial charge in [-0.1, -0.05) is 29.8 Å². The number of nitrogens with one attached hydrogen (secondary N) is 1. The molecule has 0 radical (unpaired) electrons. The standard InChI is InChI=1S/C19H17ClN2O3/c1-22-10-11-25-17-8-7-14(12-15(17)19(22)24)21-18(23)9-6-13-4-2-3-5-16(13)20/h2-9,12H,10-11H2,1H3,(H,21,23)/b9-6+. The number of anilines is 1. The fourth-order valence-corrected chi connectivity index (χ4v) is 2.66. The van der Waals surface area contributed by atoms with Crippen molar-refractivity contribution < 1.29 is 14.3 Å². The summed E-state index contributed by atoms with van der Waals surface area (Å²) in [5.41, 5.74) is 1.72. The minimum absolute atomic E-state index is 0.129. The number of fused-ring (bicyclic) bond motifs is 1. The summed E-state index contributed by atoms with van der Waals surface area (Å²) in [4.78, 5) is 26.0. The highest BCUT2D eigenvalue weighted by Crippen LogP contribution is 2.26. The monoisotopic (exact) mass is 356 g/mol. The zero-order valence-electron chi connectivity index (χ0n) is 13.7. The molecule has 0 aromatic heterocycles. The van der Waals surface area contributed by atoms with Gasteiger partial charge in [-0.2, -0.15) is 0 Å². The molecule has 0 bridgehead atoms. The van der Waals surface area contributed by atoms with Gasteiger partial charge in [-0.25, -0.2) is 0 Å². The first kappa shape index (κ1) is 17.0. The van der Waals surface area contributed by atoms with Crippen LogP contribution in [-0.2, 0) is 4.79 Å². The minimum atomic E-state index is -0.310. The molecule has 6 heteroatoms. The lowest BCUT2D eigenvalue weighted by atomic mass is 10.1. The molecule has 1 aliphatic rings. The lowest BCUT2D eigenvalue weighted by molar-refractivity contribution is -0.111. The van der Waals surface area contributed by atoms with E-state index in [0.29, 0.717) is 35.2 Å². The number of halogens is 1. The van der Waals surface area contributed by atoms with Gasteiger partial charge in [-0.15, -0.1) is 0 Å². The largest absolute Gasteiger partial charge is 0.491 e. The highest BCUT2D eigenvalue weighted by atomic mass is 35.5. The maximum absolute atomic E-state index is 12.3. The second kappa shape index (κ2) is 7.40. The number of hydrogen-bond acceptors (Lipinski definition) is 3. The summed E-state index contributed by atoms with van der Waals surface area (Å²) in [6, 6.07) is 12.3. The van der Waals surface area contributed by atoms with Crippen LogP contribution in [0.15, 0.2) is 48.5 Å². The molecule has 1 N–H and O–H groups in total. The Morgan fingerprint density at radius 3 is 2.88 bits per heavy atom. The van der Waals surface area contributed by atoms with E-state index in [1.807, 2.05) is 18.2 Å². The van der Waals surface area contributed by atoms with E-state index in [4.69, 9.17) is 16.3 Å². The maximum atomic E-state index is 12.3. The van der Waals surface area contributed by atoms with Crippen molar-refractivity contribution in [2.45, 2.75) is 0 Å². The molecule has 0 unspecified atom stereocenters. The molecule has 2 amide bonds. The number of ether oxygens (including phenoxy) is 1. The van der Waals surface area contributed by atoms with Gasteiger partial charge in [0.05, 0.1) is 12.1 Å². The van der Waals surface area contributed by atoms with Crippen LogP contribution >= 0.6 is 11.6 Å². The molecule has 128 valence electrons.